The molecule has 146 valence electrons. The maximum atomic E-state index is 12.9. The van der Waals surface area contributed by atoms with Crippen LogP contribution in [0, 0.1) is 23.7 Å². The molecule has 2 unspecified atom stereocenters. The highest BCUT2D eigenvalue weighted by Gasteiger charge is 2.59. The van der Waals surface area contributed by atoms with Gasteiger partial charge < -0.3 is 0 Å². The number of nitrogens with one attached hydrogen (secondary N) is 1. The van der Waals surface area contributed by atoms with E-state index in [4.69, 9.17) is 5.21 Å². The van der Waals surface area contributed by atoms with Crippen LogP contribution >= 0.6 is 0 Å². The number of hydrogen-bond acceptors (Lipinski definition) is 4. The number of imide groups is 1. The zero-order chi connectivity index (χ0) is 20.0. The Balaban J connectivity index is 1.30. The molecule has 2 aromatic rings. The van der Waals surface area contributed by atoms with E-state index in [1.165, 1.54) is 11.2 Å². The highest BCUT2D eigenvalue weighted by atomic mass is 16.5. The third kappa shape index (κ3) is 2.96. The van der Waals surface area contributed by atoms with Crippen molar-refractivity contribution in [2.75, 3.05) is 4.90 Å². The van der Waals surface area contributed by atoms with Crippen LogP contribution in [0.25, 0.3) is 0 Å². The Hall–Kier alpha value is -3.25. The van der Waals surface area contributed by atoms with Gasteiger partial charge in [-0.25, -0.2) is 4.99 Å². The van der Waals surface area contributed by atoms with Crippen LogP contribution < -0.4 is 10.4 Å². The summed E-state index contributed by atoms with van der Waals surface area (Å²) in [6.45, 7) is 0. The number of anilines is 1. The van der Waals surface area contributed by atoms with Gasteiger partial charge in [-0.3, -0.25) is 25.2 Å². The minimum atomic E-state index is -0.167. The molecular weight excluding hydrogens is 366 g/mol. The van der Waals surface area contributed by atoms with Gasteiger partial charge >= 0.3 is 0 Å². The minimum absolute atomic E-state index is 0.0434. The Morgan fingerprint density at radius 1 is 0.931 bits per heavy atom. The Morgan fingerprint density at radius 2 is 1.48 bits per heavy atom. The molecule has 2 N–H and O–H groups in total. The van der Waals surface area contributed by atoms with E-state index in [0.29, 0.717) is 5.69 Å². The SMILES string of the molecule is O=C1C2C(C(=O)N1c1ccc(Cc3ccc(N=CNO)cc3)cc1)[C@@H]1C=C[C@@H]2C1. The topological polar surface area (TPSA) is 82.0 Å². The predicted octanol–water partition coefficient (Wildman–Crippen LogP) is 3.23. The molecule has 1 saturated heterocycles. The average Bonchev–Trinajstić information content (AvgIpc) is 3.42. The van der Waals surface area contributed by atoms with Crippen molar-refractivity contribution in [1.82, 2.24) is 5.48 Å². The lowest BCUT2D eigenvalue weighted by atomic mass is 9.85. The van der Waals surface area contributed by atoms with Crippen LogP contribution in [-0.2, 0) is 16.0 Å². The van der Waals surface area contributed by atoms with E-state index in [1.54, 1.807) is 0 Å². The zero-order valence-electron chi connectivity index (χ0n) is 15.7. The Labute approximate surface area is 168 Å². The molecule has 2 aliphatic carbocycles. The second kappa shape index (κ2) is 6.97. The highest BCUT2D eigenvalue weighted by Crippen LogP contribution is 2.53. The minimum Gasteiger partial charge on any atom is -0.290 e. The summed E-state index contributed by atoms with van der Waals surface area (Å²) in [5, 5.41) is 8.54. The van der Waals surface area contributed by atoms with E-state index >= 15 is 0 Å². The first-order valence-corrected chi connectivity index (χ1v) is 9.82. The van der Waals surface area contributed by atoms with E-state index in [2.05, 4.69) is 17.1 Å². The highest BCUT2D eigenvalue weighted by molar-refractivity contribution is 6.22. The van der Waals surface area contributed by atoms with Gasteiger partial charge in [0.1, 0.15) is 6.34 Å². The number of nitrogens with zero attached hydrogens (tertiary/aromatic N) is 2. The molecule has 2 aromatic carbocycles. The molecule has 3 aliphatic rings. The summed E-state index contributed by atoms with van der Waals surface area (Å²) < 4.78 is 0. The lowest BCUT2D eigenvalue weighted by Crippen LogP contribution is -2.32. The van der Waals surface area contributed by atoms with Gasteiger partial charge in [0.15, 0.2) is 0 Å². The monoisotopic (exact) mass is 387 g/mol. The molecule has 1 aliphatic heterocycles. The van der Waals surface area contributed by atoms with Gasteiger partial charge in [0.05, 0.1) is 23.2 Å². The quantitative estimate of drug-likeness (QED) is 0.271. The lowest BCUT2D eigenvalue weighted by Gasteiger charge is -2.17. The first-order chi connectivity index (χ1) is 14.2. The smallest absolute Gasteiger partial charge is 0.238 e. The molecule has 1 heterocycles. The van der Waals surface area contributed by atoms with E-state index in [1.807, 2.05) is 54.0 Å². The number of benzene rings is 2. The normalized spacial score (nSPS) is 27.3. The molecule has 29 heavy (non-hydrogen) atoms. The van der Waals surface area contributed by atoms with Crippen LogP contribution in [0.3, 0.4) is 0 Å². The number of carbonyl (C=O) groups is 2. The molecule has 4 atom stereocenters. The molecule has 2 bridgehead atoms. The summed E-state index contributed by atoms with van der Waals surface area (Å²) >= 11 is 0. The third-order valence-corrected chi connectivity index (χ3v) is 6.28. The van der Waals surface area contributed by atoms with E-state index < -0.39 is 0 Å². The Bertz CT molecular complexity index is 981. The number of amides is 2. The van der Waals surface area contributed by atoms with Gasteiger partial charge in [0.2, 0.25) is 11.8 Å². The summed E-state index contributed by atoms with van der Waals surface area (Å²) in [4.78, 5) is 31.2. The summed E-state index contributed by atoms with van der Waals surface area (Å²) in [6, 6.07) is 15.4. The fraction of sp³-hybridized carbons (Fsp3) is 0.261. The van der Waals surface area contributed by atoms with E-state index in [-0.39, 0.29) is 35.5 Å². The molecule has 1 saturated carbocycles. The molecule has 0 aromatic heterocycles. The van der Waals surface area contributed by atoms with E-state index in [9.17, 15) is 9.59 Å². The van der Waals surface area contributed by atoms with Crippen molar-refractivity contribution in [2.45, 2.75) is 12.8 Å². The predicted molar refractivity (Wildman–Crippen MR) is 109 cm³/mol. The average molecular weight is 387 g/mol. The van der Waals surface area contributed by atoms with Crippen molar-refractivity contribution in [3.63, 3.8) is 0 Å². The molecule has 5 rings (SSSR count). The number of hydroxylamine groups is 1. The van der Waals surface area contributed by atoms with Crippen LogP contribution in [0.1, 0.15) is 17.5 Å². The van der Waals surface area contributed by atoms with Crippen molar-refractivity contribution < 1.29 is 14.8 Å². The summed E-state index contributed by atoms with van der Waals surface area (Å²) in [5.74, 6) is 0.0346. The van der Waals surface area contributed by atoms with Gasteiger partial charge in [-0.1, -0.05) is 36.4 Å². The Kier molecular flexibility index (Phi) is 4.28. The number of aliphatic imine (C=N–C) groups is 1. The molecule has 0 spiro atoms. The van der Waals surface area contributed by atoms with Crippen molar-refractivity contribution in [1.29, 1.82) is 0 Å². The summed E-state index contributed by atoms with van der Waals surface area (Å²) in [7, 11) is 0. The second-order valence-corrected chi connectivity index (χ2v) is 7.91. The van der Waals surface area contributed by atoms with E-state index in [0.717, 1.165) is 29.7 Å². The molecule has 6 heteroatoms. The Morgan fingerprint density at radius 3 is 2.03 bits per heavy atom. The first-order valence-electron chi connectivity index (χ1n) is 9.82. The number of hydrogen-bond donors (Lipinski definition) is 2. The van der Waals surface area contributed by atoms with Crippen LogP contribution in [0.4, 0.5) is 11.4 Å². The summed E-state index contributed by atoms with van der Waals surface area (Å²) in [6.07, 6.45) is 7.12. The molecular formula is C23H21N3O3. The van der Waals surface area contributed by atoms with Gasteiger partial charge in [0.25, 0.3) is 0 Å². The standard InChI is InChI=1S/C23H21N3O3/c27-22-20-16-5-6-17(12-16)21(20)23(28)26(22)19-9-3-15(4-10-19)11-14-1-7-18(8-2-14)24-13-25-29/h1-10,13,16-17,20-21,29H,11-12H2,(H,24,25)/t16-,17-,20?,21?/m1/s1. The number of carbonyl (C=O) groups excluding carboxylic acids is 2. The van der Waals surface area contributed by atoms with Gasteiger partial charge in [0, 0.05) is 0 Å². The third-order valence-electron chi connectivity index (χ3n) is 6.28. The number of rotatable bonds is 5. The van der Waals surface area contributed by atoms with Gasteiger partial charge in [-0.05, 0) is 60.1 Å². The van der Waals surface area contributed by atoms with Crippen LogP contribution in [0.15, 0.2) is 65.7 Å². The van der Waals surface area contributed by atoms with Gasteiger partial charge in [-0.15, -0.1) is 0 Å². The fourth-order valence-electron chi connectivity index (χ4n) is 4.96. The van der Waals surface area contributed by atoms with Gasteiger partial charge in [-0.2, -0.15) is 0 Å². The van der Waals surface area contributed by atoms with Crippen molar-refractivity contribution >= 4 is 29.5 Å². The maximum absolute atomic E-state index is 12.9. The number of fused-ring (bicyclic) bond motifs is 5. The van der Waals surface area contributed by atoms with Crippen molar-refractivity contribution in [3.05, 3.63) is 71.8 Å². The second-order valence-electron chi connectivity index (χ2n) is 7.91. The molecule has 0 radical (unpaired) electrons. The molecule has 2 amide bonds. The van der Waals surface area contributed by atoms with Crippen LogP contribution in [0.2, 0.25) is 0 Å². The zero-order valence-corrected chi connectivity index (χ0v) is 15.7. The molecule has 6 nitrogen and oxygen atoms in total. The summed E-state index contributed by atoms with van der Waals surface area (Å²) in [5.41, 5.74) is 5.51. The lowest BCUT2D eigenvalue weighted by molar-refractivity contribution is -0.123. The van der Waals surface area contributed by atoms with Crippen LogP contribution in [0.5, 0.6) is 0 Å². The van der Waals surface area contributed by atoms with Crippen molar-refractivity contribution in [2.24, 2.45) is 28.7 Å². The van der Waals surface area contributed by atoms with Crippen molar-refractivity contribution in [3.8, 4) is 0 Å². The maximum Gasteiger partial charge on any atom is 0.238 e. The molecule has 2 fully saturated rings. The largest absolute Gasteiger partial charge is 0.290 e. The fourth-order valence-corrected chi connectivity index (χ4v) is 4.96. The van der Waals surface area contributed by atoms with Crippen LogP contribution in [-0.4, -0.2) is 23.4 Å². The first kappa shape index (κ1) is 17.8. The number of allylic oxidation sites excluding steroid dienone is 2.